The first-order valence-electron chi connectivity index (χ1n) is 30.3. The Hall–Kier alpha value is -7.26. The Kier molecular flexibility index (Phi) is 25.5. The number of rotatable bonds is 21. The lowest BCUT2D eigenvalue weighted by molar-refractivity contribution is 0.0504. The van der Waals surface area contributed by atoms with Crippen LogP contribution in [0, 0.1) is 13.8 Å². The van der Waals surface area contributed by atoms with Crippen LogP contribution >= 0.6 is 25.7 Å². The van der Waals surface area contributed by atoms with Crippen molar-refractivity contribution in [3.05, 3.63) is 233 Å². The fourth-order valence-corrected chi connectivity index (χ4v) is 13.6. The number of methoxy groups -OCH3 is 3. The van der Waals surface area contributed by atoms with Crippen molar-refractivity contribution in [2.24, 2.45) is 15.3 Å². The fourth-order valence-electron chi connectivity index (χ4n) is 9.49. The summed E-state index contributed by atoms with van der Waals surface area (Å²) in [5, 5.41) is 20.9. The molecule has 0 radical (unpaired) electrons. The van der Waals surface area contributed by atoms with E-state index < -0.39 is 0 Å². The first kappa shape index (κ1) is 70.2. The average molecular weight is 1270 g/mol. The Bertz CT molecular complexity index is 3700. The van der Waals surface area contributed by atoms with E-state index in [1.165, 1.54) is 59.6 Å². The molecule has 0 aliphatic carbocycles. The van der Waals surface area contributed by atoms with Crippen LogP contribution in [0.25, 0.3) is 0 Å². The number of hydrogen-bond donors (Lipinski definition) is 0. The maximum atomic E-state index is 6.19. The molecule has 3 unspecified atom stereocenters. The summed E-state index contributed by atoms with van der Waals surface area (Å²) in [4.78, 5) is 0. The molecule has 0 bridgehead atoms. The maximum absolute atomic E-state index is 6.19. The molecule has 3 aromatic heterocycles. The van der Waals surface area contributed by atoms with Gasteiger partial charge in [-0.2, -0.15) is 15.3 Å². The van der Waals surface area contributed by atoms with Crippen molar-refractivity contribution in [3.63, 3.8) is 0 Å². The van der Waals surface area contributed by atoms with E-state index in [-0.39, 0.29) is 42.0 Å². The minimum absolute atomic E-state index is 0.0241. The predicted octanol–water partition coefficient (Wildman–Crippen LogP) is 14.8. The highest BCUT2D eigenvalue weighted by atomic mass is 31.1. The average Bonchev–Trinajstić information content (AvgIpc) is 3.48. The molecule has 6 aromatic carbocycles. The van der Waals surface area contributed by atoms with Gasteiger partial charge in [0, 0.05) is 102 Å². The molecule has 0 aliphatic heterocycles. The van der Waals surface area contributed by atoms with Gasteiger partial charge >= 0.3 is 0 Å². The van der Waals surface area contributed by atoms with Crippen molar-refractivity contribution in [1.29, 1.82) is 0 Å². The molecule has 0 saturated heterocycles. The van der Waals surface area contributed by atoms with Crippen molar-refractivity contribution < 1.29 is 28.4 Å². The predicted molar refractivity (Wildman–Crippen MR) is 385 cm³/mol. The fraction of sp³-hybridized carbons (Fsp3) is 0.320. The van der Waals surface area contributed by atoms with Crippen LogP contribution in [0.3, 0.4) is 0 Å². The van der Waals surface area contributed by atoms with E-state index in [9.17, 15) is 0 Å². The van der Waals surface area contributed by atoms with Crippen LogP contribution in [-0.2, 0) is 35.9 Å². The van der Waals surface area contributed by atoms with Gasteiger partial charge in [0.05, 0.1) is 18.6 Å². The molecule has 0 aliphatic rings. The molecule has 474 valence electrons. The number of hydrogen-bond acceptors (Lipinski definition) is 9. The highest BCUT2D eigenvalue weighted by Gasteiger charge is 2.28. The zero-order chi connectivity index (χ0) is 65.1. The van der Waals surface area contributed by atoms with Gasteiger partial charge in [-0.15, -0.1) is 0 Å². The van der Waals surface area contributed by atoms with Gasteiger partial charge in [-0.3, -0.25) is 0 Å². The first-order chi connectivity index (χ1) is 42.9. The molecule has 3 heterocycles. The van der Waals surface area contributed by atoms with Crippen molar-refractivity contribution in [3.8, 4) is 17.2 Å². The van der Waals surface area contributed by atoms with E-state index in [4.69, 9.17) is 28.4 Å². The molecular formula is C75H93N6O6P3. The first-order valence-corrected chi connectivity index (χ1v) is 33.3. The Labute approximate surface area is 541 Å². The summed E-state index contributed by atoms with van der Waals surface area (Å²) in [6.45, 7) is 31.8. The minimum atomic E-state index is -0.0566. The summed E-state index contributed by atoms with van der Waals surface area (Å²) in [5.41, 5.74) is 10.8. The van der Waals surface area contributed by atoms with Crippen LogP contribution in [0.15, 0.2) is 198 Å². The third-order valence-corrected chi connectivity index (χ3v) is 18.5. The quantitative estimate of drug-likeness (QED) is 0.0403. The second-order valence-electron chi connectivity index (χ2n) is 26.0. The Balaban J connectivity index is 0.000000192. The zero-order valence-electron chi connectivity index (χ0n) is 55.8. The SMILES string of the molecule is COCOc1c(C)cc(C(C)(C)C)cc1Pc1ccccc1/C=N/n1cccc1.COCOc1c(Pc2ccccc2/C=N/n2cccc2)cc(C(C)(C)C)cc1C(C)(C)C.COCOc1c(Pc2ccccc2/C=N/n2cccc2)cc(C)cc1C(C)(C)C. The van der Waals surface area contributed by atoms with Gasteiger partial charge in [0.1, 0.15) is 17.2 Å². The van der Waals surface area contributed by atoms with Gasteiger partial charge in [0.15, 0.2) is 20.4 Å². The summed E-state index contributed by atoms with van der Waals surface area (Å²) in [6, 6.07) is 50.5. The number of aromatic nitrogens is 3. The molecule has 0 saturated carbocycles. The van der Waals surface area contributed by atoms with Crippen LogP contribution in [0.4, 0.5) is 0 Å². The summed E-state index contributed by atoms with van der Waals surface area (Å²) in [7, 11) is 6.29. The standard InChI is InChI=1S/C27H35N2O2P.2C24H29N2O2P/c1-26(2,3)21-16-22(27(4,5)6)25(31-19-30-7)24(17-21)32-23-13-9-8-12-20(23)18-28-29-14-10-11-15-29;1-18-14-20(24(2,3)4)15-22(23(18)28-17-27-5)29-21-11-7-6-10-19(21)16-25-26-12-8-9-13-26;1-18-14-20(24(2,3)4)23(28-17-27-5)22(15-18)29-21-11-7-6-10-19(21)16-25-26-12-8-9-13-26/h8-18,32H,19H2,1-7H3;2*6-16,29H,17H2,1-5H3/b28-18+;2*25-16+. The lowest BCUT2D eigenvalue weighted by atomic mass is 9.80. The van der Waals surface area contributed by atoms with Crippen molar-refractivity contribution in [2.45, 2.75) is 119 Å². The van der Waals surface area contributed by atoms with Crippen LogP contribution in [0.1, 0.15) is 133 Å². The van der Waals surface area contributed by atoms with E-state index in [2.05, 4.69) is 209 Å². The van der Waals surface area contributed by atoms with Crippen molar-refractivity contribution in [2.75, 3.05) is 41.7 Å². The van der Waals surface area contributed by atoms with Gasteiger partial charge in [-0.25, -0.2) is 14.0 Å². The number of nitrogens with zero attached hydrogens (tertiary/aromatic N) is 6. The van der Waals surface area contributed by atoms with Gasteiger partial charge < -0.3 is 28.4 Å². The number of ether oxygens (including phenoxy) is 6. The summed E-state index contributed by atoms with van der Waals surface area (Å²) < 4.78 is 39.3. The number of benzene rings is 6. The molecule has 0 fully saturated rings. The van der Waals surface area contributed by atoms with Crippen LogP contribution in [-0.4, -0.2) is 74.4 Å². The lowest BCUT2D eigenvalue weighted by Gasteiger charge is -2.29. The van der Waals surface area contributed by atoms with Gasteiger partial charge in [-0.05, 0) is 128 Å². The maximum Gasteiger partial charge on any atom is 0.188 e. The van der Waals surface area contributed by atoms with Crippen molar-refractivity contribution >= 4 is 76.2 Å². The lowest BCUT2D eigenvalue weighted by Crippen LogP contribution is -2.24. The molecule has 0 amide bonds. The monoisotopic (exact) mass is 1270 g/mol. The number of aryl methyl sites for hydroxylation is 2. The Morgan fingerprint density at radius 1 is 0.356 bits per heavy atom. The third-order valence-electron chi connectivity index (χ3n) is 14.4. The van der Waals surface area contributed by atoms with Gasteiger partial charge in [0.25, 0.3) is 0 Å². The molecule has 90 heavy (non-hydrogen) atoms. The molecule has 9 aromatic rings. The second-order valence-corrected chi connectivity index (χ2v) is 30.0. The van der Waals surface area contributed by atoms with E-state index >= 15 is 0 Å². The summed E-state index contributed by atoms with van der Waals surface area (Å²) in [5.74, 6) is 2.78. The topological polar surface area (TPSA) is 107 Å². The molecule has 0 N–H and O–H groups in total. The third kappa shape index (κ3) is 20.6. The molecule has 12 nitrogen and oxygen atoms in total. The van der Waals surface area contributed by atoms with Gasteiger partial charge in [-0.1, -0.05) is 200 Å². The summed E-state index contributed by atoms with van der Waals surface area (Å²) in [6.07, 6.45) is 17.3. The summed E-state index contributed by atoms with van der Waals surface area (Å²) >= 11 is 0. The van der Waals surface area contributed by atoms with E-state index in [1.807, 2.05) is 109 Å². The largest absolute Gasteiger partial charge is 0.467 e. The second kappa shape index (κ2) is 32.7. The smallest absolute Gasteiger partial charge is 0.188 e. The molecule has 9 rings (SSSR count). The highest BCUT2D eigenvalue weighted by molar-refractivity contribution is 7.56. The van der Waals surface area contributed by atoms with Gasteiger partial charge in [0.2, 0.25) is 0 Å². The molecule has 15 heteroatoms. The van der Waals surface area contributed by atoms with Crippen molar-refractivity contribution in [1.82, 2.24) is 14.0 Å². The zero-order valence-corrected chi connectivity index (χ0v) is 58.8. The Morgan fingerprint density at radius 3 is 1.01 bits per heavy atom. The highest BCUT2D eigenvalue weighted by Crippen LogP contribution is 2.39. The van der Waals surface area contributed by atoms with Crippen LogP contribution in [0.5, 0.6) is 17.2 Å². The van der Waals surface area contributed by atoms with E-state index in [1.54, 1.807) is 30.7 Å². The molecule has 3 atom stereocenters. The van der Waals surface area contributed by atoms with Crippen LogP contribution in [0.2, 0.25) is 0 Å². The molecular weight excluding hydrogens is 1170 g/mol. The molecule has 0 spiro atoms. The Morgan fingerprint density at radius 2 is 0.667 bits per heavy atom. The van der Waals surface area contributed by atoms with Crippen LogP contribution < -0.4 is 46.0 Å². The van der Waals surface area contributed by atoms with E-state index in [0.717, 1.165) is 39.5 Å². The normalized spacial score (nSPS) is 12.5. The minimum Gasteiger partial charge on any atom is -0.467 e. The van der Waals surface area contributed by atoms with E-state index in [0.29, 0.717) is 25.7 Å².